The molecule has 0 atom stereocenters. The highest BCUT2D eigenvalue weighted by Gasteiger charge is 2.10. The fourth-order valence-electron chi connectivity index (χ4n) is 2.21. The van der Waals surface area contributed by atoms with Gasteiger partial charge in [-0.05, 0) is 25.9 Å². The van der Waals surface area contributed by atoms with Crippen LogP contribution in [0.25, 0.3) is 0 Å². The summed E-state index contributed by atoms with van der Waals surface area (Å²) in [7, 11) is -1.22. The molecule has 2 N–H and O–H groups in total. The van der Waals surface area contributed by atoms with E-state index in [4.69, 9.17) is 0 Å². The molecule has 1 saturated heterocycles. The lowest BCUT2D eigenvalue weighted by atomic mass is 10.1. The quantitative estimate of drug-likeness (QED) is 0.514. The van der Waals surface area contributed by atoms with Gasteiger partial charge in [0.2, 0.25) is 0 Å². The number of nitrogens with zero attached hydrogens (tertiary/aromatic N) is 2. The predicted octanol–water partition coefficient (Wildman–Crippen LogP) is 0.0720. The summed E-state index contributed by atoms with van der Waals surface area (Å²) < 4.78 is 22.8. The van der Waals surface area contributed by atoms with Crippen LogP contribution in [-0.4, -0.2) is 70.6 Å². The molecule has 0 radical (unpaired) electrons. The monoisotopic (exact) mass is 304 g/mol. The molecule has 1 fully saturated rings. The number of likely N-dealkylation sites (tertiary alicyclic amines) is 1. The summed E-state index contributed by atoms with van der Waals surface area (Å²) in [4.78, 5) is 6.55. The van der Waals surface area contributed by atoms with E-state index in [0.29, 0.717) is 12.5 Å². The van der Waals surface area contributed by atoms with Crippen molar-refractivity contribution in [1.82, 2.24) is 15.5 Å². The van der Waals surface area contributed by atoms with E-state index in [2.05, 4.69) is 20.5 Å². The van der Waals surface area contributed by atoms with E-state index in [1.165, 1.54) is 32.4 Å². The fraction of sp³-hybridized carbons (Fsp3) is 0.923. The molecule has 7 heteroatoms. The molecule has 0 saturated carbocycles. The largest absolute Gasteiger partial charge is 0.355 e. The van der Waals surface area contributed by atoms with E-state index in [1.807, 2.05) is 0 Å². The van der Waals surface area contributed by atoms with Crippen molar-refractivity contribution in [3.63, 3.8) is 0 Å². The van der Waals surface area contributed by atoms with Crippen LogP contribution in [0.3, 0.4) is 0 Å². The third-order valence-corrected chi connectivity index (χ3v) is 5.24. The molecule has 20 heavy (non-hydrogen) atoms. The zero-order chi connectivity index (χ0) is 14.8. The zero-order valence-corrected chi connectivity index (χ0v) is 13.5. The average Bonchev–Trinajstić information content (AvgIpc) is 2.46. The van der Waals surface area contributed by atoms with Gasteiger partial charge in [-0.25, -0.2) is 8.42 Å². The van der Waals surface area contributed by atoms with Crippen LogP contribution in [0.15, 0.2) is 4.99 Å². The SMILES string of the molecule is CCS(=O)(=O)CCNC(=NC)NCCN1CCCCC1. The van der Waals surface area contributed by atoms with Gasteiger partial charge in [0, 0.05) is 32.4 Å². The van der Waals surface area contributed by atoms with Crippen LogP contribution in [0.2, 0.25) is 0 Å². The molecular formula is C13H28N4O2S. The first kappa shape index (κ1) is 17.2. The van der Waals surface area contributed by atoms with E-state index >= 15 is 0 Å². The van der Waals surface area contributed by atoms with Crippen molar-refractivity contribution in [2.75, 3.05) is 51.3 Å². The standard InChI is InChI=1S/C13H28N4O2S/c1-3-20(18,19)12-8-16-13(14-2)15-7-11-17-9-5-4-6-10-17/h3-12H2,1-2H3,(H2,14,15,16). The fourth-order valence-corrected chi connectivity index (χ4v) is 2.91. The van der Waals surface area contributed by atoms with Gasteiger partial charge in [-0.15, -0.1) is 0 Å². The summed E-state index contributed by atoms with van der Waals surface area (Å²) >= 11 is 0. The Balaban J connectivity index is 2.16. The molecule has 6 nitrogen and oxygen atoms in total. The van der Waals surface area contributed by atoms with Crippen molar-refractivity contribution in [2.24, 2.45) is 4.99 Å². The number of nitrogens with one attached hydrogen (secondary N) is 2. The average molecular weight is 304 g/mol. The molecule has 1 rings (SSSR count). The van der Waals surface area contributed by atoms with Crippen molar-refractivity contribution in [2.45, 2.75) is 26.2 Å². The summed E-state index contributed by atoms with van der Waals surface area (Å²) in [5.41, 5.74) is 0. The van der Waals surface area contributed by atoms with Gasteiger partial charge in [-0.2, -0.15) is 0 Å². The van der Waals surface area contributed by atoms with Crippen LogP contribution in [0.1, 0.15) is 26.2 Å². The van der Waals surface area contributed by atoms with Gasteiger partial charge in [0.1, 0.15) is 0 Å². The van der Waals surface area contributed by atoms with Crippen molar-refractivity contribution in [3.8, 4) is 0 Å². The van der Waals surface area contributed by atoms with Gasteiger partial charge >= 0.3 is 0 Å². The number of sulfone groups is 1. The highest BCUT2D eigenvalue weighted by Crippen LogP contribution is 2.07. The Labute approximate surface area is 122 Å². The molecule has 0 aromatic carbocycles. The van der Waals surface area contributed by atoms with Crippen LogP contribution in [0.5, 0.6) is 0 Å². The molecule has 0 unspecified atom stereocenters. The molecular weight excluding hydrogens is 276 g/mol. The molecule has 1 aliphatic rings. The smallest absolute Gasteiger partial charge is 0.191 e. The molecule has 0 aromatic rings. The Morgan fingerprint density at radius 2 is 1.80 bits per heavy atom. The van der Waals surface area contributed by atoms with Crippen LogP contribution >= 0.6 is 0 Å². The number of aliphatic imine (C=N–C) groups is 1. The van der Waals surface area contributed by atoms with Crippen molar-refractivity contribution in [1.29, 1.82) is 0 Å². The van der Waals surface area contributed by atoms with Crippen molar-refractivity contribution < 1.29 is 8.42 Å². The number of hydrogen-bond donors (Lipinski definition) is 2. The highest BCUT2D eigenvalue weighted by atomic mass is 32.2. The van der Waals surface area contributed by atoms with Crippen LogP contribution in [0, 0.1) is 0 Å². The number of guanidine groups is 1. The molecule has 118 valence electrons. The van der Waals surface area contributed by atoms with Gasteiger partial charge in [0.15, 0.2) is 15.8 Å². The molecule has 0 aliphatic carbocycles. The normalized spacial score (nSPS) is 18.0. The topological polar surface area (TPSA) is 73.8 Å². The Morgan fingerprint density at radius 3 is 2.40 bits per heavy atom. The second-order valence-electron chi connectivity index (χ2n) is 5.06. The van der Waals surface area contributed by atoms with E-state index in [9.17, 15) is 8.42 Å². The van der Waals surface area contributed by atoms with E-state index < -0.39 is 9.84 Å². The first-order valence-corrected chi connectivity index (χ1v) is 9.27. The van der Waals surface area contributed by atoms with Crippen molar-refractivity contribution >= 4 is 15.8 Å². The van der Waals surface area contributed by atoms with Crippen molar-refractivity contribution in [3.05, 3.63) is 0 Å². The first-order chi connectivity index (χ1) is 9.57. The minimum absolute atomic E-state index is 0.149. The van der Waals surface area contributed by atoms with E-state index in [0.717, 1.165) is 13.1 Å². The molecule has 1 aliphatic heterocycles. The second kappa shape index (κ2) is 9.18. The highest BCUT2D eigenvalue weighted by molar-refractivity contribution is 7.91. The summed E-state index contributed by atoms with van der Waals surface area (Å²) in [6, 6.07) is 0. The number of rotatable bonds is 7. The zero-order valence-electron chi connectivity index (χ0n) is 12.7. The third kappa shape index (κ3) is 7.09. The van der Waals surface area contributed by atoms with Crippen LogP contribution in [-0.2, 0) is 9.84 Å². The predicted molar refractivity (Wildman–Crippen MR) is 84.0 cm³/mol. The number of piperidine rings is 1. The van der Waals surface area contributed by atoms with Gasteiger partial charge in [-0.1, -0.05) is 13.3 Å². The maximum atomic E-state index is 11.4. The minimum atomic E-state index is -2.91. The lowest BCUT2D eigenvalue weighted by Crippen LogP contribution is -2.43. The second-order valence-corrected chi connectivity index (χ2v) is 7.54. The molecule has 0 bridgehead atoms. The van der Waals surface area contributed by atoms with Crippen LogP contribution in [0.4, 0.5) is 0 Å². The lowest BCUT2D eigenvalue weighted by Gasteiger charge is -2.26. The van der Waals surface area contributed by atoms with Gasteiger partial charge in [-0.3, -0.25) is 4.99 Å². The maximum absolute atomic E-state index is 11.4. The first-order valence-electron chi connectivity index (χ1n) is 7.44. The Bertz CT molecular complexity index is 389. The summed E-state index contributed by atoms with van der Waals surface area (Å²) in [5, 5.41) is 6.26. The maximum Gasteiger partial charge on any atom is 0.191 e. The van der Waals surface area contributed by atoms with E-state index in [1.54, 1.807) is 14.0 Å². The van der Waals surface area contributed by atoms with E-state index in [-0.39, 0.29) is 11.5 Å². The van der Waals surface area contributed by atoms with Gasteiger partial charge in [0.25, 0.3) is 0 Å². The minimum Gasteiger partial charge on any atom is -0.355 e. The Kier molecular flexibility index (Phi) is 7.91. The van der Waals surface area contributed by atoms with Crippen LogP contribution < -0.4 is 10.6 Å². The Hall–Kier alpha value is -0.820. The summed E-state index contributed by atoms with van der Waals surface area (Å²) in [6.45, 7) is 6.28. The Morgan fingerprint density at radius 1 is 1.15 bits per heavy atom. The molecule has 0 aromatic heterocycles. The molecule has 0 amide bonds. The molecule has 1 heterocycles. The van der Waals surface area contributed by atoms with Gasteiger partial charge < -0.3 is 15.5 Å². The summed E-state index contributed by atoms with van der Waals surface area (Å²) in [6.07, 6.45) is 3.93. The third-order valence-electron chi connectivity index (χ3n) is 3.54. The lowest BCUT2D eigenvalue weighted by molar-refractivity contribution is 0.232. The number of hydrogen-bond acceptors (Lipinski definition) is 4. The van der Waals surface area contributed by atoms with Gasteiger partial charge in [0.05, 0.1) is 5.75 Å². The molecule has 0 spiro atoms. The summed E-state index contributed by atoms with van der Waals surface area (Å²) in [5.74, 6) is 1.01.